The van der Waals surface area contributed by atoms with Gasteiger partial charge < -0.3 is 20.1 Å². The summed E-state index contributed by atoms with van der Waals surface area (Å²) in [4.78, 5) is 48.8. The van der Waals surface area contributed by atoms with Crippen LogP contribution >= 0.6 is 52.1 Å². The Hall–Kier alpha value is -9.04. The number of esters is 2. The third kappa shape index (κ3) is 16.7. The van der Waals surface area contributed by atoms with Gasteiger partial charge in [0.25, 0.3) is 0 Å². The Morgan fingerprint density at radius 3 is 1.15 bits per heavy atom. The van der Waals surface area contributed by atoms with E-state index in [9.17, 15) is 35.3 Å². The predicted molar refractivity (Wildman–Crippen MR) is 375 cm³/mol. The largest absolute Gasteiger partial charge is 1.00 e. The van der Waals surface area contributed by atoms with Gasteiger partial charge in [-0.25, -0.2) is 0 Å². The Morgan fingerprint density at radius 2 is 0.815 bits per heavy atom. The first-order valence-corrected chi connectivity index (χ1v) is 31.4. The molecule has 12 aromatic rings. The fraction of sp³-hybridized carbons (Fsp3) is 0.149. The van der Waals surface area contributed by atoms with Gasteiger partial charge in [0.15, 0.2) is 0 Å². The summed E-state index contributed by atoms with van der Waals surface area (Å²) in [6.45, 7) is 9.61. The monoisotopic (exact) mass is 1330 g/mol. The maximum absolute atomic E-state index is 12.0. The predicted octanol–water partition coefficient (Wildman–Crippen LogP) is 15.5. The fourth-order valence-corrected chi connectivity index (χ4v) is 12.3. The molecule has 0 aliphatic rings. The number of carboxylic acid groups (broad SMARTS) is 1. The van der Waals surface area contributed by atoms with E-state index in [0.29, 0.717) is 29.9 Å². The maximum Gasteiger partial charge on any atom is 1.00 e. The van der Waals surface area contributed by atoms with Crippen LogP contribution in [0.4, 0.5) is 0 Å². The average Bonchev–Trinajstić information content (AvgIpc) is 0.788. The number of carbonyl (C=O) groups is 3. The summed E-state index contributed by atoms with van der Waals surface area (Å²) in [5.41, 5.74) is 8.15. The number of benzene rings is 9. The first-order chi connectivity index (χ1) is 43.2. The molecular formula is C74H62BrLiN6O7S3. The molecule has 92 heavy (non-hydrogen) atoms. The molecule has 0 fully saturated rings. The smallest absolute Gasteiger partial charge is 0.870 e. The van der Waals surface area contributed by atoms with Crippen LogP contribution < -0.4 is 18.9 Å². The number of rotatable bonds is 12. The van der Waals surface area contributed by atoms with Crippen LogP contribution in [0.15, 0.2) is 215 Å². The van der Waals surface area contributed by atoms with Crippen molar-refractivity contribution in [3.8, 4) is 51.6 Å². The molecule has 13 nitrogen and oxygen atoms in total. The molecule has 0 saturated carbocycles. The molecule has 0 amide bonds. The van der Waals surface area contributed by atoms with E-state index < -0.39 is 11.2 Å². The first kappa shape index (κ1) is 72.0. The molecule has 3 atom stereocenters. The summed E-state index contributed by atoms with van der Waals surface area (Å²) in [5, 5.41) is 48.5. The number of ether oxygens (including phenoxy) is 2. The summed E-state index contributed by atoms with van der Waals surface area (Å²) >= 11 is 10.2. The third-order valence-corrected chi connectivity index (χ3v) is 17.3. The Labute approximate surface area is 568 Å². The van der Waals surface area contributed by atoms with Crippen molar-refractivity contribution >= 4 is 135 Å². The van der Waals surface area contributed by atoms with Crippen LogP contribution in [0.2, 0.25) is 0 Å². The molecular weight excluding hydrogens is 1270 g/mol. The summed E-state index contributed by atoms with van der Waals surface area (Å²) in [6, 6.07) is 60.3. The molecule has 9 aromatic carbocycles. The van der Waals surface area contributed by atoms with Gasteiger partial charge in [-0.15, -0.1) is 23.5 Å². The fourth-order valence-electron chi connectivity index (χ4n) is 10.1. The van der Waals surface area contributed by atoms with Crippen LogP contribution in [0, 0.1) is 34.0 Å². The Morgan fingerprint density at radius 1 is 0.478 bits per heavy atom. The third-order valence-electron chi connectivity index (χ3n) is 14.4. The molecule has 3 aromatic heterocycles. The molecule has 12 rings (SSSR count). The van der Waals surface area contributed by atoms with E-state index in [-0.39, 0.29) is 54.2 Å². The number of pyridine rings is 3. The number of halogens is 1. The van der Waals surface area contributed by atoms with Crippen LogP contribution in [0.5, 0.6) is 0 Å². The van der Waals surface area contributed by atoms with Crippen molar-refractivity contribution in [2.45, 2.75) is 67.6 Å². The van der Waals surface area contributed by atoms with E-state index in [1.165, 1.54) is 23.5 Å². The molecule has 0 aliphatic heterocycles. The molecule has 0 saturated heterocycles. The van der Waals surface area contributed by atoms with E-state index in [0.717, 1.165) is 112 Å². The number of nitriles is 3. The van der Waals surface area contributed by atoms with Gasteiger partial charge in [-0.2, -0.15) is 28.4 Å². The SMILES string of the molecule is C.CC(Sc1ccc2cncc(-c3ccc(C#N)c4ccccc34)c2c1)C(=O)O.CCOC(=O)C(C)S.CCOC(=O)C(C)Sc1ccc2cncc(-c3ccc(C#N)c4ccccc34)c2c1.N#Cc1ccc(-c2cncc3ccc(Br)cc23)c2ccccc12.[Li+].[OH-]. The van der Waals surface area contributed by atoms with Crippen molar-refractivity contribution in [2.24, 2.45) is 0 Å². The van der Waals surface area contributed by atoms with Gasteiger partial charge in [-0.3, -0.25) is 29.3 Å². The molecule has 3 unspecified atom stereocenters. The number of hydrogen-bond acceptors (Lipinski definition) is 15. The zero-order valence-corrected chi connectivity index (χ0v) is 54.6. The van der Waals surface area contributed by atoms with Crippen molar-refractivity contribution in [1.82, 2.24) is 15.0 Å². The van der Waals surface area contributed by atoms with Crippen LogP contribution in [0.1, 0.15) is 58.7 Å². The summed E-state index contributed by atoms with van der Waals surface area (Å²) < 4.78 is 10.8. The van der Waals surface area contributed by atoms with E-state index in [4.69, 9.17) is 4.74 Å². The molecule has 0 spiro atoms. The summed E-state index contributed by atoms with van der Waals surface area (Å²) in [7, 11) is 0. The van der Waals surface area contributed by atoms with Crippen molar-refractivity contribution in [3.05, 3.63) is 222 Å². The van der Waals surface area contributed by atoms with E-state index in [2.05, 4.69) is 90.7 Å². The molecule has 456 valence electrons. The minimum absolute atomic E-state index is 0. The van der Waals surface area contributed by atoms with Crippen molar-refractivity contribution in [3.63, 3.8) is 0 Å². The number of hydrogen-bond donors (Lipinski definition) is 2. The van der Waals surface area contributed by atoms with Crippen molar-refractivity contribution in [1.29, 1.82) is 15.8 Å². The first-order valence-electron chi connectivity index (χ1n) is 28.3. The second-order valence-corrected chi connectivity index (χ2v) is 24.7. The quantitative estimate of drug-likeness (QED) is 0.0501. The van der Waals surface area contributed by atoms with E-state index in [1.807, 2.05) is 184 Å². The zero-order valence-electron chi connectivity index (χ0n) is 50.5. The van der Waals surface area contributed by atoms with Gasteiger partial charge in [0.1, 0.15) is 10.5 Å². The number of aliphatic carboxylic acids is 1. The number of carboxylic acids is 1. The van der Waals surface area contributed by atoms with Gasteiger partial charge in [-0.1, -0.05) is 133 Å². The maximum atomic E-state index is 12.0. The zero-order chi connectivity index (χ0) is 63.1. The van der Waals surface area contributed by atoms with Crippen LogP contribution in [0.25, 0.3) is 98.0 Å². The Bertz CT molecular complexity index is 4800. The van der Waals surface area contributed by atoms with Crippen LogP contribution in [-0.2, 0) is 23.9 Å². The van der Waals surface area contributed by atoms with Gasteiger partial charge >= 0.3 is 36.8 Å². The summed E-state index contributed by atoms with van der Waals surface area (Å²) in [6.07, 6.45) is 11.1. The van der Waals surface area contributed by atoms with Gasteiger partial charge in [0.05, 0.1) is 53.4 Å². The minimum atomic E-state index is -0.835. The standard InChI is InChI=1S/C25H20N2O2S.C23H16N2O2S.C20H11BrN2.C5H10O2S.CH4.Li.H2O/c1-3-29-25(28)16(2)30-19-10-8-18-14-27-15-24(23(18)12-19)22-11-9-17(13-26)20-6-4-5-7-21(20)22;1-14(23(26)27)28-17-8-6-16-12-25-13-22(21(16)10-17)20-9-7-15(11-24)18-4-2-3-5-19(18)20;21-15-7-5-14-11-23-12-20(19(14)9-15)18-8-6-13(10-22)16-3-1-2-4-17(16)18;1-3-7-5(6)4(2)8;;;/h4-12,14-16H,3H2,1-2H3;2-10,12-14H,1H3,(H,26,27);1-9,11-12H;4,8H,3H2,1-2H3;1H4;;1H2/q;;;;;+1;/p-1. The number of aromatic nitrogens is 3. The Kier molecular flexibility index (Phi) is 26.5. The van der Waals surface area contributed by atoms with Crippen LogP contribution in [-0.4, -0.2) is 72.4 Å². The second-order valence-electron chi connectivity index (χ2n) is 20.2. The number of thiol groups is 1. The van der Waals surface area contributed by atoms with E-state index >= 15 is 0 Å². The van der Waals surface area contributed by atoms with Gasteiger partial charge in [0, 0.05) is 100 Å². The number of carbonyl (C=O) groups excluding carboxylic acids is 2. The number of thioether (sulfide) groups is 2. The number of fused-ring (bicyclic) bond motifs is 6. The molecule has 0 bridgehead atoms. The Balaban J connectivity index is 0.000000205. The van der Waals surface area contributed by atoms with Gasteiger partial charge in [-0.05, 0) is 138 Å². The molecule has 0 radical (unpaired) electrons. The summed E-state index contributed by atoms with van der Waals surface area (Å²) in [5.74, 6) is -1.30. The second kappa shape index (κ2) is 33.9. The number of nitrogens with zero attached hydrogens (tertiary/aromatic N) is 6. The van der Waals surface area contributed by atoms with Crippen LogP contribution in [0.3, 0.4) is 0 Å². The molecule has 0 aliphatic carbocycles. The minimum Gasteiger partial charge on any atom is -0.870 e. The van der Waals surface area contributed by atoms with E-state index in [1.54, 1.807) is 27.0 Å². The van der Waals surface area contributed by atoms with Crippen molar-refractivity contribution < 1.29 is 53.3 Å². The normalized spacial score (nSPS) is 11.3. The van der Waals surface area contributed by atoms with Gasteiger partial charge in [0.2, 0.25) is 0 Å². The average molecular weight is 1330 g/mol. The molecule has 18 heteroatoms. The molecule has 3 heterocycles. The topological polar surface area (TPSA) is 230 Å². The van der Waals surface area contributed by atoms with Crippen molar-refractivity contribution in [2.75, 3.05) is 13.2 Å². The molecule has 2 N–H and O–H groups in total.